The van der Waals surface area contributed by atoms with Crippen LogP contribution in [0.2, 0.25) is 0 Å². The van der Waals surface area contributed by atoms with E-state index in [0.29, 0.717) is 0 Å². The van der Waals surface area contributed by atoms with Crippen molar-refractivity contribution in [1.29, 1.82) is 0 Å². The number of ether oxygens (including phenoxy) is 2. The van der Waals surface area contributed by atoms with Gasteiger partial charge in [0.2, 0.25) is 0 Å². The average Bonchev–Trinajstić information content (AvgIpc) is 3.36. The van der Waals surface area contributed by atoms with Gasteiger partial charge in [-0.2, -0.15) is 0 Å². The lowest BCUT2D eigenvalue weighted by molar-refractivity contribution is 0.00578. The maximum Gasteiger partial charge on any atom is 0.494 e. The summed E-state index contributed by atoms with van der Waals surface area (Å²) < 4.78 is 24.6. The van der Waals surface area contributed by atoms with Gasteiger partial charge in [0.25, 0.3) is 0 Å². The van der Waals surface area contributed by atoms with Crippen molar-refractivity contribution >= 4 is 34.1 Å². The van der Waals surface area contributed by atoms with Crippen LogP contribution in [0.5, 0.6) is 11.5 Å². The minimum absolute atomic E-state index is 0.393. The van der Waals surface area contributed by atoms with Crippen molar-refractivity contribution in [3.8, 4) is 11.5 Å². The molecule has 1 aliphatic heterocycles. The zero-order valence-electron chi connectivity index (χ0n) is 21.8. The number of nitrogens with zero attached hydrogens (tertiary/aromatic N) is 1. The van der Waals surface area contributed by atoms with Crippen LogP contribution in [0.15, 0.2) is 60.7 Å². The number of thiazole rings is 1. The van der Waals surface area contributed by atoms with E-state index in [1.165, 1.54) is 16.7 Å². The van der Waals surface area contributed by atoms with Gasteiger partial charge in [-0.3, -0.25) is 0 Å². The topological polar surface area (TPSA) is 49.8 Å². The molecule has 1 fully saturated rings. The molecule has 1 saturated heterocycles. The van der Waals surface area contributed by atoms with Crippen LogP contribution in [0.3, 0.4) is 0 Å². The predicted molar refractivity (Wildman–Crippen MR) is 147 cm³/mol. The molecule has 2 heterocycles. The van der Waals surface area contributed by atoms with Gasteiger partial charge >= 0.3 is 7.12 Å². The van der Waals surface area contributed by atoms with Gasteiger partial charge in [-0.1, -0.05) is 30.3 Å². The lowest BCUT2D eigenvalue weighted by Gasteiger charge is -2.32. The van der Waals surface area contributed by atoms with E-state index in [4.69, 9.17) is 23.8 Å². The van der Waals surface area contributed by atoms with Crippen molar-refractivity contribution in [1.82, 2.24) is 4.98 Å². The highest BCUT2D eigenvalue weighted by Crippen LogP contribution is 2.37. The number of hydrogen-bond acceptors (Lipinski definition) is 6. The highest BCUT2D eigenvalue weighted by molar-refractivity contribution is 7.18. The summed E-state index contributed by atoms with van der Waals surface area (Å²) in [5.41, 5.74) is 4.86. The normalized spacial score (nSPS) is 16.4. The molecule has 36 heavy (non-hydrogen) atoms. The van der Waals surface area contributed by atoms with Crippen LogP contribution in [-0.4, -0.2) is 37.5 Å². The fraction of sp³-hybridized carbons (Fsp3) is 0.345. The van der Waals surface area contributed by atoms with E-state index in [2.05, 4.69) is 64.1 Å². The number of benzene rings is 3. The van der Waals surface area contributed by atoms with Crippen molar-refractivity contribution in [3.05, 3.63) is 82.4 Å². The zero-order valence-corrected chi connectivity index (χ0v) is 22.6. The highest BCUT2D eigenvalue weighted by atomic mass is 32.1. The first kappa shape index (κ1) is 24.8. The Hall–Kier alpha value is -2.87. The summed E-state index contributed by atoms with van der Waals surface area (Å²) in [4.78, 5) is 5.09. The van der Waals surface area contributed by atoms with Gasteiger partial charge in [0.05, 0.1) is 40.6 Å². The third kappa shape index (κ3) is 4.88. The molecule has 0 unspecified atom stereocenters. The maximum absolute atomic E-state index is 6.39. The maximum atomic E-state index is 6.39. The molecule has 0 atom stereocenters. The molecule has 186 valence electrons. The van der Waals surface area contributed by atoms with E-state index in [0.717, 1.165) is 45.0 Å². The minimum Gasteiger partial charge on any atom is -0.497 e. The second kappa shape index (κ2) is 9.54. The van der Waals surface area contributed by atoms with Crippen molar-refractivity contribution in [2.45, 2.75) is 51.7 Å². The molecule has 0 bridgehead atoms. The molecule has 3 aromatic carbocycles. The molecule has 0 saturated carbocycles. The Balaban J connectivity index is 1.52. The van der Waals surface area contributed by atoms with Gasteiger partial charge in [0.15, 0.2) is 0 Å². The molecule has 0 aliphatic carbocycles. The number of fused-ring (bicyclic) bond motifs is 1. The second-order valence-corrected chi connectivity index (χ2v) is 11.4. The van der Waals surface area contributed by atoms with Crippen molar-refractivity contribution in [2.24, 2.45) is 0 Å². The standard InChI is InChI=1S/C29H32BNO4S/c1-28(2)29(3,4)35-30(34-28)22-17-21(15-19-7-11-23(32-5)12-8-19)27-25(18-22)36-26(31-27)16-20-9-13-24(33-6)14-10-20/h7-14,17-18H,15-16H2,1-6H3. The minimum atomic E-state index is -0.416. The molecule has 7 heteroatoms. The van der Waals surface area contributed by atoms with Gasteiger partial charge in [-0.25, -0.2) is 4.98 Å². The highest BCUT2D eigenvalue weighted by Gasteiger charge is 2.51. The molecular weight excluding hydrogens is 469 g/mol. The Morgan fingerprint density at radius 3 is 1.83 bits per heavy atom. The first-order chi connectivity index (χ1) is 17.2. The molecule has 0 spiro atoms. The summed E-state index contributed by atoms with van der Waals surface area (Å²) in [5.74, 6) is 1.71. The molecule has 5 nitrogen and oxygen atoms in total. The average molecular weight is 501 g/mol. The quantitative estimate of drug-likeness (QED) is 0.300. The summed E-state index contributed by atoms with van der Waals surface area (Å²) in [6.45, 7) is 8.35. The van der Waals surface area contributed by atoms with Crippen molar-refractivity contribution in [3.63, 3.8) is 0 Å². The zero-order chi connectivity index (χ0) is 25.5. The molecule has 4 aromatic rings. The third-order valence-electron chi connectivity index (χ3n) is 7.23. The van der Waals surface area contributed by atoms with E-state index >= 15 is 0 Å². The molecule has 1 aromatic heterocycles. The Kier molecular flexibility index (Phi) is 6.58. The first-order valence-electron chi connectivity index (χ1n) is 12.2. The summed E-state index contributed by atoms with van der Waals surface area (Å²) in [6, 6.07) is 20.8. The van der Waals surface area contributed by atoms with E-state index in [9.17, 15) is 0 Å². The van der Waals surface area contributed by atoms with Crippen LogP contribution < -0.4 is 14.9 Å². The fourth-order valence-electron chi connectivity index (χ4n) is 4.38. The van der Waals surface area contributed by atoms with E-state index < -0.39 is 18.3 Å². The van der Waals surface area contributed by atoms with Crippen LogP contribution in [0.25, 0.3) is 10.2 Å². The van der Waals surface area contributed by atoms with Crippen LogP contribution in [-0.2, 0) is 22.2 Å². The van der Waals surface area contributed by atoms with Crippen LogP contribution in [0.1, 0.15) is 49.4 Å². The lowest BCUT2D eigenvalue weighted by Crippen LogP contribution is -2.41. The lowest BCUT2D eigenvalue weighted by atomic mass is 9.78. The molecule has 0 N–H and O–H groups in total. The SMILES string of the molecule is COc1ccc(Cc2nc3c(Cc4ccc(OC)cc4)cc(B4OC(C)(C)C(C)(C)O4)cc3s2)cc1. The Labute approximate surface area is 217 Å². The van der Waals surface area contributed by atoms with Crippen molar-refractivity contribution < 1.29 is 18.8 Å². The number of methoxy groups -OCH3 is 2. The van der Waals surface area contributed by atoms with Gasteiger partial charge in [-0.05, 0) is 86.6 Å². The van der Waals surface area contributed by atoms with Gasteiger partial charge in [0, 0.05) is 6.42 Å². The van der Waals surface area contributed by atoms with Crippen LogP contribution in [0, 0.1) is 0 Å². The molecule has 5 rings (SSSR count). The van der Waals surface area contributed by atoms with Crippen molar-refractivity contribution in [2.75, 3.05) is 14.2 Å². The Morgan fingerprint density at radius 2 is 1.31 bits per heavy atom. The second-order valence-electron chi connectivity index (χ2n) is 10.3. The number of rotatable bonds is 7. The number of aromatic nitrogens is 1. The smallest absolute Gasteiger partial charge is 0.494 e. The molecule has 0 amide bonds. The monoisotopic (exact) mass is 501 g/mol. The van der Waals surface area contributed by atoms with Gasteiger partial charge < -0.3 is 18.8 Å². The van der Waals surface area contributed by atoms with Gasteiger partial charge in [-0.15, -0.1) is 11.3 Å². The van der Waals surface area contributed by atoms with Crippen LogP contribution in [0.4, 0.5) is 0 Å². The van der Waals surface area contributed by atoms with Gasteiger partial charge in [0.1, 0.15) is 11.5 Å². The summed E-state index contributed by atoms with van der Waals surface area (Å²) in [6.07, 6.45) is 1.54. The third-order valence-corrected chi connectivity index (χ3v) is 8.24. The largest absolute Gasteiger partial charge is 0.497 e. The first-order valence-corrected chi connectivity index (χ1v) is 13.0. The Morgan fingerprint density at radius 1 is 0.778 bits per heavy atom. The summed E-state index contributed by atoms with van der Waals surface area (Å²) in [7, 11) is 2.96. The van der Waals surface area contributed by atoms with Crippen LogP contribution >= 0.6 is 11.3 Å². The molecular formula is C29H32BNO4S. The predicted octanol–water partition coefficient (Wildman–Crippen LogP) is 5.79. The molecule has 0 radical (unpaired) electrons. The van der Waals surface area contributed by atoms with E-state index in [1.54, 1.807) is 25.6 Å². The summed E-state index contributed by atoms with van der Waals surface area (Å²) >= 11 is 1.73. The summed E-state index contributed by atoms with van der Waals surface area (Å²) in [5, 5.41) is 1.08. The number of hydrogen-bond donors (Lipinski definition) is 0. The van der Waals surface area contributed by atoms with E-state index in [-0.39, 0.29) is 0 Å². The Bertz CT molecular complexity index is 1350. The molecule has 1 aliphatic rings. The van der Waals surface area contributed by atoms with E-state index in [1.807, 2.05) is 24.3 Å². The fourth-order valence-corrected chi connectivity index (χ4v) is 5.47.